The number of carboxylic acid groups (broad SMARTS) is 1. The molecule has 7 nitrogen and oxygen atoms in total. The van der Waals surface area contributed by atoms with Crippen molar-refractivity contribution in [2.45, 2.75) is 32.4 Å². The summed E-state index contributed by atoms with van der Waals surface area (Å²) in [5, 5.41) is 18.2. The number of nitrogens with one attached hydrogen (secondary N) is 2. The van der Waals surface area contributed by atoms with E-state index in [1.807, 2.05) is 0 Å². The summed E-state index contributed by atoms with van der Waals surface area (Å²) in [5.74, 6) is -1.21. The van der Waals surface area contributed by atoms with E-state index in [-0.39, 0.29) is 18.2 Å². The van der Waals surface area contributed by atoms with Crippen LogP contribution in [0.5, 0.6) is 5.75 Å². The van der Waals surface area contributed by atoms with E-state index in [2.05, 4.69) is 9.44 Å². The van der Waals surface area contributed by atoms with E-state index in [1.54, 1.807) is 13.8 Å². The Hall–Kier alpha value is -1.64. The number of carboxylic acids is 1. The molecule has 20 heavy (non-hydrogen) atoms. The predicted octanol–water partition coefficient (Wildman–Crippen LogP) is 0.220. The lowest BCUT2D eigenvalue weighted by Gasteiger charge is -2.16. The molecule has 0 aliphatic heterocycles. The van der Waals surface area contributed by atoms with Crippen LogP contribution in [0, 0.1) is 0 Å². The molecule has 0 aliphatic carbocycles. The molecule has 8 heteroatoms. The van der Waals surface area contributed by atoms with E-state index < -0.39 is 22.2 Å². The fraction of sp³-hybridized carbons (Fsp3) is 0.417. The minimum absolute atomic E-state index is 0.0192. The molecule has 0 aliphatic rings. The molecule has 0 spiro atoms. The number of hydrogen-bond acceptors (Lipinski definition) is 4. The molecule has 0 bridgehead atoms. The fourth-order valence-electron chi connectivity index (χ4n) is 1.58. The van der Waals surface area contributed by atoms with E-state index in [0.29, 0.717) is 5.56 Å². The van der Waals surface area contributed by atoms with Crippen LogP contribution >= 0.6 is 0 Å². The van der Waals surface area contributed by atoms with Gasteiger partial charge in [0.05, 0.1) is 0 Å². The fourth-order valence-corrected chi connectivity index (χ4v) is 2.83. The van der Waals surface area contributed by atoms with Crippen molar-refractivity contribution < 1.29 is 23.4 Å². The van der Waals surface area contributed by atoms with Crippen molar-refractivity contribution in [3.05, 3.63) is 29.8 Å². The summed E-state index contributed by atoms with van der Waals surface area (Å²) in [4.78, 5) is 11.1. The number of phenols is 1. The van der Waals surface area contributed by atoms with Crippen LogP contribution in [0.2, 0.25) is 0 Å². The molecule has 0 radical (unpaired) electrons. The van der Waals surface area contributed by atoms with Crippen molar-refractivity contribution in [1.82, 2.24) is 9.44 Å². The lowest BCUT2D eigenvalue weighted by molar-refractivity contribution is -0.138. The highest BCUT2D eigenvalue weighted by atomic mass is 32.2. The molecule has 1 aromatic carbocycles. The Labute approximate surface area is 117 Å². The zero-order valence-electron chi connectivity index (χ0n) is 11.2. The number of aromatic hydroxyl groups is 1. The number of rotatable bonds is 7. The maximum Gasteiger partial charge on any atom is 0.322 e. The molecule has 0 saturated heterocycles. The first-order valence-electron chi connectivity index (χ1n) is 6.00. The van der Waals surface area contributed by atoms with Gasteiger partial charge in [-0.3, -0.25) is 4.79 Å². The lowest BCUT2D eigenvalue weighted by Crippen LogP contribution is -2.49. The quantitative estimate of drug-likeness (QED) is 0.575. The number of hydrogen-bond donors (Lipinski definition) is 4. The number of aliphatic carboxylic acids is 1. The molecule has 0 amide bonds. The number of carbonyl (C=O) groups is 1. The first-order chi connectivity index (χ1) is 9.19. The molecule has 0 heterocycles. The number of benzene rings is 1. The second kappa shape index (κ2) is 6.69. The van der Waals surface area contributed by atoms with Gasteiger partial charge in [-0.15, -0.1) is 0 Å². The third-order valence-corrected chi connectivity index (χ3v) is 3.74. The van der Waals surface area contributed by atoms with E-state index in [4.69, 9.17) is 10.2 Å². The van der Waals surface area contributed by atoms with Crippen LogP contribution in [-0.2, 0) is 21.4 Å². The van der Waals surface area contributed by atoms with Crippen LogP contribution in [0.25, 0.3) is 0 Å². The van der Waals surface area contributed by atoms with E-state index in [0.717, 1.165) is 0 Å². The molecule has 1 atom stereocenters. The Kier molecular flexibility index (Phi) is 5.49. The van der Waals surface area contributed by atoms with Crippen molar-refractivity contribution in [3.63, 3.8) is 0 Å². The van der Waals surface area contributed by atoms with Crippen LogP contribution in [0.3, 0.4) is 0 Å². The molecule has 0 aromatic heterocycles. The van der Waals surface area contributed by atoms with Crippen molar-refractivity contribution >= 4 is 16.2 Å². The van der Waals surface area contributed by atoms with Crippen LogP contribution in [-0.4, -0.2) is 36.7 Å². The van der Waals surface area contributed by atoms with E-state index in [1.165, 1.54) is 24.3 Å². The summed E-state index contributed by atoms with van der Waals surface area (Å²) in [5.41, 5.74) is 0.599. The molecule has 0 fully saturated rings. The average molecular weight is 302 g/mol. The van der Waals surface area contributed by atoms with Crippen molar-refractivity contribution in [3.8, 4) is 5.75 Å². The highest BCUT2D eigenvalue weighted by Crippen LogP contribution is 2.11. The summed E-state index contributed by atoms with van der Waals surface area (Å²) in [6.45, 7) is 3.27. The van der Waals surface area contributed by atoms with Gasteiger partial charge in [0.1, 0.15) is 11.8 Å². The van der Waals surface area contributed by atoms with Gasteiger partial charge in [0.15, 0.2) is 0 Å². The predicted molar refractivity (Wildman–Crippen MR) is 73.6 cm³/mol. The Morgan fingerprint density at radius 3 is 2.20 bits per heavy atom. The normalized spacial score (nSPS) is 13.3. The highest BCUT2D eigenvalue weighted by molar-refractivity contribution is 7.87. The van der Waals surface area contributed by atoms with Gasteiger partial charge in [0.2, 0.25) is 0 Å². The number of phenolic OH excluding ortho intramolecular Hbond substituents is 1. The van der Waals surface area contributed by atoms with E-state index in [9.17, 15) is 13.2 Å². The Bertz CT molecular complexity index is 554. The zero-order chi connectivity index (χ0) is 15.3. The standard InChI is InChI=1S/C12H18N2O5S/c1-8(2)13-20(18,19)14-11(12(16)17)7-9-3-5-10(15)6-4-9/h3-6,8,11,13-15H,7H2,1-2H3,(H,16,17). The van der Waals surface area contributed by atoms with Crippen molar-refractivity contribution in [2.24, 2.45) is 0 Å². The summed E-state index contributed by atoms with van der Waals surface area (Å²) >= 11 is 0. The first kappa shape index (κ1) is 16.4. The Morgan fingerprint density at radius 1 is 1.20 bits per heavy atom. The summed E-state index contributed by atoms with van der Waals surface area (Å²) in [6, 6.07) is 4.28. The molecule has 0 saturated carbocycles. The van der Waals surface area contributed by atoms with Crippen LogP contribution in [0.4, 0.5) is 0 Å². The van der Waals surface area contributed by atoms with Gasteiger partial charge in [0, 0.05) is 6.04 Å². The lowest BCUT2D eigenvalue weighted by atomic mass is 10.1. The zero-order valence-corrected chi connectivity index (χ0v) is 12.0. The summed E-state index contributed by atoms with van der Waals surface area (Å²) < 4.78 is 27.7. The van der Waals surface area contributed by atoms with Gasteiger partial charge in [-0.2, -0.15) is 17.9 Å². The third kappa shape index (κ3) is 5.55. The maximum absolute atomic E-state index is 11.7. The Balaban J connectivity index is 2.80. The molecule has 1 unspecified atom stereocenters. The minimum Gasteiger partial charge on any atom is -0.508 e. The largest absolute Gasteiger partial charge is 0.508 e. The first-order valence-corrected chi connectivity index (χ1v) is 7.48. The average Bonchev–Trinajstić information content (AvgIpc) is 2.29. The molecular weight excluding hydrogens is 284 g/mol. The summed E-state index contributed by atoms with van der Waals surface area (Å²) in [7, 11) is -3.88. The summed E-state index contributed by atoms with van der Waals surface area (Å²) in [6.07, 6.45) is -0.0192. The van der Waals surface area contributed by atoms with Crippen LogP contribution in [0.15, 0.2) is 24.3 Å². The molecule has 1 rings (SSSR count). The van der Waals surface area contributed by atoms with Gasteiger partial charge in [0.25, 0.3) is 10.2 Å². The second-order valence-corrected chi connectivity index (χ2v) is 6.13. The van der Waals surface area contributed by atoms with Crippen LogP contribution in [0.1, 0.15) is 19.4 Å². The topological polar surface area (TPSA) is 116 Å². The van der Waals surface area contributed by atoms with Gasteiger partial charge in [-0.25, -0.2) is 0 Å². The van der Waals surface area contributed by atoms with E-state index >= 15 is 0 Å². The van der Waals surface area contributed by atoms with Crippen molar-refractivity contribution in [1.29, 1.82) is 0 Å². The highest BCUT2D eigenvalue weighted by Gasteiger charge is 2.24. The molecule has 4 N–H and O–H groups in total. The van der Waals surface area contributed by atoms with Crippen LogP contribution < -0.4 is 9.44 Å². The SMILES string of the molecule is CC(C)NS(=O)(=O)NC(Cc1ccc(O)cc1)C(=O)O. The molecular formula is C12H18N2O5S. The van der Waals surface area contributed by atoms with Gasteiger partial charge in [-0.1, -0.05) is 12.1 Å². The van der Waals surface area contributed by atoms with Gasteiger partial charge < -0.3 is 10.2 Å². The van der Waals surface area contributed by atoms with Gasteiger partial charge >= 0.3 is 5.97 Å². The third-order valence-electron chi connectivity index (χ3n) is 2.36. The smallest absolute Gasteiger partial charge is 0.322 e. The maximum atomic E-state index is 11.7. The second-order valence-electron chi connectivity index (χ2n) is 4.66. The molecule has 1 aromatic rings. The Morgan fingerprint density at radius 2 is 1.75 bits per heavy atom. The van der Waals surface area contributed by atoms with Crippen molar-refractivity contribution in [2.75, 3.05) is 0 Å². The molecule has 112 valence electrons. The monoisotopic (exact) mass is 302 g/mol. The minimum atomic E-state index is -3.88. The van der Waals surface area contributed by atoms with Gasteiger partial charge in [-0.05, 0) is 38.0 Å².